The molecule has 0 aliphatic rings. The van der Waals surface area contributed by atoms with Crippen LogP contribution in [-0.2, 0) is 6.42 Å². The van der Waals surface area contributed by atoms with E-state index in [1.807, 2.05) is 10.6 Å². The Labute approximate surface area is 75.9 Å². The summed E-state index contributed by atoms with van der Waals surface area (Å²) in [4.78, 5) is 8.12. The van der Waals surface area contributed by atoms with Crippen molar-refractivity contribution < 1.29 is 5.11 Å². The van der Waals surface area contributed by atoms with Gasteiger partial charge in [0.05, 0.1) is 12.3 Å². The molecule has 2 heterocycles. The van der Waals surface area contributed by atoms with Crippen molar-refractivity contribution in [2.45, 2.75) is 19.4 Å². The van der Waals surface area contributed by atoms with Crippen LogP contribution in [0.5, 0.6) is 0 Å². The molecule has 2 aromatic heterocycles. The number of aliphatic hydroxyl groups excluding tert-OH is 1. The highest BCUT2D eigenvalue weighted by Crippen LogP contribution is 2.06. The van der Waals surface area contributed by atoms with Crippen LogP contribution in [0.3, 0.4) is 0 Å². The largest absolute Gasteiger partial charge is 0.393 e. The molecule has 13 heavy (non-hydrogen) atoms. The molecule has 1 unspecified atom stereocenters. The zero-order valence-corrected chi connectivity index (χ0v) is 7.38. The monoisotopic (exact) mass is 177 g/mol. The van der Waals surface area contributed by atoms with E-state index in [1.165, 1.54) is 0 Å². The summed E-state index contributed by atoms with van der Waals surface area (Å²) in [5.41, 5.74) is 1.82. The van der Waals surface area contributed by atoms with Crippen LogP contribution in [0.15, 0.2) is 24.8 Å². The van der Waals surface area contributed by atoms with Gasteiger partial charge in [0.2, 0.25) is 0 Å². The zero-order chi connectivity index (χ0) is 9.26. The molecule has 0 aliphatic heterocycles. The summed E-state index contributed by atoms with van der Waals surface area (Å²) >= 11 is 0. The summed E-state index contributed by atoms with van der Waals surface area (Å²) in [6.07, 6.45) is 7.30. The molecule has 0 saturated carbocycles. The van der Waals surface area contributed by atoms with Gasteiger partial charge >= 0.3 is 0 Å². The van der Waals surface area contributed by atoms with Crippen LogP contribution in [0.25, 0.3) is 5.65 Å². The van der Waals surface area contributed by atoms with Gasteiger partial charge in [0, 0.05) is 30.7 Å². The molecule has 0 saturated heterocycles. The molecule has 4 nitrogen and oxygen atoms in total. The minimum absolute atomic E-state index is 0.340. The number of imidazole rings is 1. The SMILES string of the molecule is CC(O)Cc1cnc2cnccn12. The minimum atomic E-state index is -0.340. The maximum Gasteiger partial charge on any atom is 0.155 e. The fourth-order valence-electron chi connectivity index (χ4n) is 1.35. The third-order valence-electron chi connectivity index (χ3n) is 1.90. The van der Waals surface area contributed by atoms with Crippen LogP contribution in [0.1, 0.15) is 12.6 Å². The second-order valence-electron chi connectivity index (χ2n) is 3.11. The van der Waals surface area contributed by atoms with Crippen molar-refractivity contribution in [1.82, 2.24) is 14.4 Å². The Balaban J connectivity index is 2.46. The second kappa shape index (κ2) is 3.14. The van der Waals surface area contributed by atoms with Gasteiger partial charge in [0.15, 0.2) is 5.65 Å². The Hall–Kier alpha value is -1.42. The normalized spacial score (nSPS) is 13.4. The smallest absolute Gasteiger partial charge is 0.155 e. The van der Waals surface area contributed by atoms with E-state index in [-0.39, 0.29) is 6.10 Å². The molecule has 0 fully saturated rings. The van der Waals surface area contributed by atoms with E-state index in [1.54, 1.807) is 25.5 Å². The first kappa shape index (κ1) is 8.19. The lowest BCUT2D eigenvalue weighted by Crippen LogP contribution is -2.06. The Morgan fingerprint density at radius 2 is 2.38 bits per heavy atom. The summed E-state index contributed by atoms with van der Waals surface area (Å²) in [6, 6.07) is 0. The molecule has 0 aromatic carbocycles. The summed E-state index contributed by atoms with van der Waals surface area (Å²) in [5.74, 6) is 0. The van der Waals surface area contributed by atoms with E-state index < -0.39 is 0 Å². The lowest BCUT2D eigenvalue weighted by Gasteiger charge is -2.02. The summed E-state index contributed by atoms with van der Waals surface area (Å²) in [7, 11) is 0. The molecular weight excluding hydrogens is 166 g/mol. The van der Waals surface area contributed by atoms with E-state index in [9.17, 15) is 5.11 Å². The van der Waals surface area contributed by atoms with E-state index >= 15 is 0 Å². The topological polar surface area (TPSA) is 50.4 Å². The average molecular weight is 177 g/mol. The van der Waals surface area contributed by atoms with Crippen LogP contribution in [0.4, 0.5) is 0 Å². The van der Waals surface area contributed by atoms with E-state index in [4.69, 9.17) is 0 Å². The number of nitrogens with zero attached hydrogens (tertiary/aromatic N) is 3. The zero-order valence-electron chi connectivity index (χ0n) is 7.38. The van der Waals surface area contributed by atoms with Crippen molar-refractivity contribution in [1.29, 1.82) is 0 Å². The highest BCUT2D eigenvalue weighted by Gasteiger charge is 2.04. The molecule has 0 bridgehead atoms. The third-order valence-corrected chi connectivity index (χ3v) is 1.90. The van der Waals surface area contributed by atoms with Crippen LogP contribution in [-0.4, -0.2) is 25.6 Å². The molecule has 2 rings (SSSR count). The highest BCUT2D eigenvalue weighted by molar-refractivity contribution is 5.36. The van der Waals surface area contributed by atoms with Crippen molar-refractivity contribution >= 4 is 5.65 Å². The van der Waals surface area contributed by atoms with Crippen LogP contribution in [0.2, 0.25) is 0 Å². The van der Waals surface area contributed by atoms with Gasteiger partial charge in [0.1, 0.15) is 0 Å². The molecular formula is C9H11N3O. The number of rotatable bonds is 2. The number of hydrogen-bond acceptors (Lipinski definition) is 3. The second-order valence-corrected chi connectivity index (χ2v) is 3.11. The predicted octanol–water partition coefficient (Wildman–Crippen LogP) is 0.653. The standard InChI is InChI=1S/C9H11N3O/c1-7(13)4-8-5-11-9-6-10-2-3-12(8)9/h2-3,5-7,13H,4H2,1H3. The van der Waals surface area contributed by atoms with Crippen molar-refractivity contribution in [3.05, 3.63) is 30.5 Å². The fourth-order valence-corrected chi connectivity index (χ4v) is 1.35. The van der Waals surface area contributed by atoms with Crippen molar-refractivity contribution in [3.8, 4) is 0 Å². The number of aliphatic hydroxyl groups is 1. The lowest BCUT2D eigenvalue weighted by molar-refractivity contribution is 0.194. The van der Waals surface area contributed by atoms with Crippen LogP contribution >= 0.6 is 0 Å². The van der Waals surface area contributed by atoms with E-state index in [0.717, 1.165) is 11.3 Å². The highest BCUT2D eigenvalue weighted by atomic mass is 16.3. The number of fused-ring (bicyclic) bond motifs is 1. The Kier molecular flexibility index (Phi) is 1.98. The first-order valence-electron chi connectivity index (χ1n) is 4.21. The number of aromatic nitrogens is 3. The number of hydrogen-bond donors (Lipinski definition) is 1. The molecule has 1 N–H and O–H groups in total. The van der Waals surface area contributed by atoms with Crippen molar-refractivity contribution in [2.24, 2.45) is 0 Å². The molecule has 0 aliphatic carbocycles. The Bertz CT molecular complexity index is 408. The molecule has 2 aromatic rings. The van der Waals surface area contributed by atoms with Gasteiger partial charge in [-0.15, -0.1) is 0 Å². The van der Waals surface area contributed by atoms with Crippen molar-refractivity contribution in [3.63, 3.8) is 0 Å². The molecule has 0 amide bonds. The quantitative estimate of drug-likeness (QED) is 0.732. The molecule has 0 spiro atoms. The fraction of sp³-hybridized carbons (Fsp3) is 0.333. The minimum Gasteiger partial charge on any atom is -0.393 e. The van der Waals surface area contributed by atoms with Gasteiger partial charge in [-0.2, -0.15) is 0 Å². The maximum atomic E-state index is 9.23. The van der Waals surface area contributed by atoms with Gasteiger partial charge in [-0.3, -0.25) is 4.98 Å². The van der Waals surface area contributed by atoms with Gasteiger partial charge < -0.3 is 9.51 Å². The van der Waals surface area contributed by atoms with Crippen LogP contribution in [0, 0.1) is 0 Å². The summed E-state index contributed by atoms with van der Waals surface area (Å²) < 4.78 is 1.93. The molecule has 68 valence electrons. The third kappa shape index (κ3) is 1.53. The molecule has 4 heteroatoms. The first-order chi connectivity index (χ1) is 6.27. The first-order valence-corrected chi connectivity index (χ1v) is 4.21. The summed E-state index contributed by atoms with van der Waals surface area (Å²) in [6.45, 7) is 1.76. The maximum absolute atomic E-state index is 9.23. The van der Waals surface area contributed by atoms with Gasteiger partial charge in [-0.1, -0.05) is 0 Å². The van der Waals surface area contributed by atoms with E-state index in [2.05, 4.69) is 9.97 Å². The van der Waals surface area contributed by atoms with Gasteiger partial charge in [-0.05, 0) is 6.92 Å². The predicted molar refractivity (Wildman–Crippen MR) is 48.4 cm³/mol. The lowest BCUT2D eigenvalue weighted by atomic mass is 10.2. The summed E-state index contributed by atoms with van der Waals surface area (Å²) in [5, 5.41) is 9.23. The van der Waals surface area contributed by atoms with Gasteiger partial charge in [0.25, 0.3) is 0 Å². The van der Waals surface area contributed by atoms with Crippen molar-refractivity contribution in [2.75, 3.05) is 0 Å². The van der Waals surface area contributed by atoms with Gasteiger partial charge in [-0.25, -0.2) is 4.98 Å². The Morgan fingerprint density at radius 3 is 3.15 bits per heavy atom. The Morgan fingerprint density at radius 1 is 1.54 bits per heavy atom. The average Bonchev–Trinajstić information content (AvgIpc) is 2.48. The molecule has 0 radical (unpaired) electrons. The van der Waals surface area contributed by atoms with E-state index in [0.29, 0.717) is 6.42 Å². The van der Waals surface area contributed by atoms with Crippen LogP contribution < -0.4 is 0 Å². The molecule has 1 atom stereocenters.